The molecule has 6 aromatic rings. The molecule has 0 radical (unpaired) electrons. The summed E-state index contributed by atoms with van der Waals surface area (Å²) in [5, 5.41) is 45.8. The average molecular weight is 864 g/mol. The number of benzene rings is 3. The molecule has 0 aliphatic heterocycles. The van der Waals surface area contributed by atoms with Gasteiger partial charge in [-0.1, -0.05) is 11.2 Å². The Hall–Kier alpha value is -5.05. The van der Waals surface area contributed by atoms with Crippen LogP contribution in [0.15, 0.2) is 115 Å². The molecular formula is C34H36ClF3N9NaO7Zn. The molecule has 7 N–H and O–H groups in total. The summed E-state index contributed by atoms with van der Waals surface area (Å²) in [6.45, 7) is 2.27. The van der Waals surface area contributed by atoms with Gasteiger partial charge < -0.3 is 31.2 Å². The second-order valence-electron chi connectivity index (χ2n) is 9.62. The van der Waals surface area contributed by atoms with Crippen LogP contribution < -0.4 is 46.3 Å². The molecule has 0 aliphatic carbocycles. The molecular weight excluding hydrogens is 827 g/mol. The van der Waals surface area contributed by atoms with E-state index in [9.17, 15) is 18.0 Å². The van der Waals surface area contributed by atoms with E-state index in [1.165, 1.54) is 35.0 Å². The van der Waals surface area contributed by atoms with E-state index < -0.39 is 23.6 Å². The van der Waals surface area contributed by atoms with Crippen LogP contribution in [0.4, 0.5) is 13.2 Å². The molecule has 6 rings (SSSR count). The number of hydrogen-bond acceptors (Lipinski definition) is 12. The molecule has 22 heteroatoms. The van der Waals surface area contributed by atoms with Crippen LogP contribution in [0, 0.1) is 17.5 Å². The maximum absolute atomic E-state index is 13.4. The van der Waals surface area contributed by atoms with Gasteiger partial charge in [0.05, 0.1) is 28.8 Å². The number of aldehydes is 1. The molecule has 3 aromatic carbocycles. The minimum absolute atomic E-state index is 0. The third-order valence-electron chi connectivity index (χ3n) is 5.86. The number of rotatable bonds is 6. The van der Waals surface area contributed by atoms with E-state index in [1.807, 2.05) is 0 Å². The number of aromatic nitrogens is 6. The number of nitrogens with zero attached hydrogens (tertiary/aromatic N) is 7. The van der Waals surface area contributed by atoms with Gasteiger partial charge in [-0.2, -0.15) is 15.3 Å². The standard InChI is InChI=1S/C10H8FN3O.C10H10FN3.C10H7FN2O.2C2H4O2.ClH.H3NO.Na.Zn/c11-10-6-9(14-5-1-4-12-14)3-2-8(10)7-13-15;11-10-6-9(3-2-8(10)7-12)14-5-1-4-13-14;11-10-6-9(3-2-8(10)7-14)13-5-1-4-12-13;2*1-2(3)4;;1-2;;/h1-7,15H;1-6H,7,12H2;1-7H;2*1H3,(H,3,4);1H;2H,1H2;;/q;;;;;;;+1;/p-1/b13-7+;;;;;;;;. The summed E-state index contributed by atoms with van der Waals surface area (Å²) in [5.74, 6) is 0.300. The van der Waals surface area contributed by atoms with Gasteiger partial charge in [-0.25, -0.2) is 33.1 Å². The summed E-state index contributed by atoms with van der Waals surface area (Å²) >= 11 is 0. The molecule has 290 valence electrons. The Morgan fingerprint density at radius 2 is 1.11 bits per heavy atom. The number of aliphatic carboxylic acids is 2. The van der Waals surface area contributed by atoms with Crippen molar-refractivity contribution in [3.8, 4) is 17.1 Å². The molecule has 0 saturated heterocycles. The zero-order chi connectivity index (χ0) is 39.8. The van der Waals surface area contributed by atoms with Crippen molar-refractivity contribution in [2.24, 2.45) is 16.8 Å². The third-order valence-corrected chi connectivity index (χ3v) is 5.86. The van der Waals surface area contributed by atoms with Crippen LogP contribution >= 0.6 is 12.4 Å². The number of halogens is 4. The molecule has 0 fully saturated rings. The Balaban J connectivity index is -0.000000656. The van der Waals surface area contributed by atoms with Gasteiger partial charge in [0.15, 0.2) is 6.29 Å². The number of carbonyl (C=O) groups excluding carboxylic acids is 2. The Labute approximate surface area is 359 Å². The van der Waals surface area contributed by atoms with Crippen LogP contribution in [-0.4, -0.2) is 69.3 Å². The summed E-state index contributed by atoms with van der Waals surface area (Å²) < 4.78 is 44.5. The smallest absolute Gasteiger partial charge is 0.550 e. The predicted molar refractivity (Wildman–Crippen MR) is 190 cm³/mol. The van der Waals surface area contributed by atoms with E-state index in [0.29, 0.717) is 28.9 Å². The first-order valence-corrected chi connectivity index (χ1v) is 14.7. The van der Waals surface area contributed by atoms with Crippen LogP contribution in [0.5, 0.6) is 0 Å². The number of oxime groups is 1. The first-order valence-electron chi connectivity index (χ1n) is 14.7. The van der Waals surface area contributed by atoms with E-state index in [4.69, 9.17) is 36.0 Å². The van der Waals surface area contributed by atoms with Gasteiger partial charge in [-0.15, -0.1) is 12.4 Å². The fraction of sp³-hybridized carbons (Fsp3) is 0.0882. The van der Waals surface area contributed by atoms with Gasteiger partial charge in [0.1, 0.15) is 17.5 Å². The van der Waals surface area contributed by atoms with E-state index in [1.54, 1.807) is 89.0 Å². The zero-order valence-corrected chi connectivity index (χ0v) is 36.0. The zero-order valence-electron chi connectivity index (χ0n) is 30.3. The van der Waals surface area contributed by atoms with E-state index in [2.05, 4.69) is 26.3 Å². The Kier molecular flexibility index (Phi) is 30.8. The van der Waals surface area contributed by atoms with Crippen LogP contribution in [0.2, 0.25) is 0 Å². The second kappa shape index (κ2) is 31.2. The fourth-order valence-corrected chi connectivity index (χ4v) is 3.69. The van der Waals surface area contributed by atoms with Crippen molar-refractivity contribution in [3.63, 3.8) is 0 Å². The van der Waals surface area contributed by atoms with Crippen LogP contribution in [0.3, 0.4) is 0 Å². The topological polar surface area (TPSA) is 253 Å². The summed E-state index contributed by atoms with van der Waals surface area (Å²) in [6, 6.07) is 19.0. The van der Waals surface area contributed by atoms with Crippen molar-refractivity contribution in [1.29, 1.82) is 0 Å². The molecule has 56 heavy (non-hydrogen) atoms. The summed E-state index contributed by atoms with van der Waals surface area (Å²) in [6.07, 6.45) is 11.6. The summed E-state index contributed by atoms with van der Waals surface area (Å²) in [4.78, 5) is 28.3. The SMILES string of the molecule is CC(=O)O.CC(=O)[O-].Cl.NCc1ccc(-n2cccn2)cc1F.NO.O/N=C/c1ccc(-n2cccn2)cc1F.O=Cc1ccc(-n2cccn2)cc1F.[Na+].[Zn]. The molecule has 0 bridgehead atoms. The van der Waals surface area contributed by atoms with Gasteiger partial charge in [0, 0.05) is 99.4 Å². The molecule has 0 aliphatic rings. The maximum atomic E-state index is 13.4. The Bertz CT molecular complexity index is 1990. The molecule has 0 spiro atoms. The number of carboxylic acids is 2. The molecule has 3 heterocycles. The van der Waals surface area contributed by atoms with Crippen molar-refractivity contribution in [2.75, 3.05) is 0 Å². The van der Waals surface area contributed by atoms with Crippen LogP contribution in [0.25, 0.3) is 17.1 Å². The molecule has 3 aromatic heterocycles. The van der Waals surface area contributed by atoms with Crippen molar-refractivity contribution < 1.29 is 97.2 Å². The Morgan fingerprint density at radius 3 is 1.38 bits per heavy atom. The van der Waals surface area contributed by atoms with Gasteiger partial charge in [0.25, 0.3) is 5.97 Å². The van der Waals surface area contributed by atoms with Crippen LogP contribution in [0.1, 0.15) is 35.3 Å². The Morgan fingerprint density at radius 1 is 0.768 bits per heavy atom. The first-order chi connectivity index (χ1) is 25.4. The van der Waals surface area contributed by atoms with Crippen molar-refractivity contribution in [3.05, 3.63) is 144 Å². The predicted octanol–water partition coefficient (Wildman–Crippen LogP) is 0.718. The minimum Gasteiger partial charge on any atom is -0.550 e. The molecule has 16 nitrogen and oxygen atoms in total. The fourth-order valence-electron chi connectivity index (χ4n) is 3.69. The number of nitrogens with two attached hydrogens (primary N) is 2. The van der Waals surface area contributed by atoms with E-state index >= 15 is 0 Å². The van der Waals surface area contributed by atoms with E-state index in [-0.39, 0.29) is 84.9 Å². The molecule has 0 saturated carbocycles. The quantitative estimate of drug-likeness (QED) is 0.0511. The maximum Gasteiger partial charge on any atom is 1.00 e. The number of carboxylic acid groups (broad SMARTS) is 2. The van der Waals surface area contributed by atoms with Gasteiger partial charge in [-0.05, 0) is 61.5 Å². The monoisotopic (exact) mass is 861 g/mol. The minimum atomic E-state index is -1.08. The van der Waals surface area contributed by atoms with E-state index in [0.717, 1.165) is 20.1 Å². The second-order valence-corrected chi connectivity index (χ2v) is 9.62. The molecule has 0 atom stereocenters. The number of carbonyl (C=O) groups is 3. The summed E-state index contributed by atoms with van der Waals surface area (Å²) in [5.41, 5.74) is 8.07. The number of hydrogen-bond donors (Lipinski definition) is 5. The van der Waals surface area contributed by atoms with Gasteiger partial charge in [-0.3, -0.25) is 9.59 Å². The summed E-state index contributed by atoms with van der Waals surface area (Å²) in [7, 11) is 0. The van der Waals surface area contributed by atoms with Crippen molar-refractivity contribution in [2.45, 2.75) is 20.4 Å². The largest absolute Gasteiger partial charge is 1.00 e. The van der Waals surface area contributed by atoms with Crippen LogP contribution in [-0.2, 0) is 35.6 Å². The van der Waals surface area contributed by atoms with Gasteiger partial charge in [0.2, 0.25) is 0 Å². The normalized spacial score (nSPS) is 9.07. The third kappa shape index (κ3) is 20.6. The van der Waals surface area contributed by atoms with Crippen molar-refractivity contribution in [1.82, 2.24) is 29.3 Å². The van der Waals surface area contributed by atoms with Crippen molar-refractivity contribution >= 4 is 36.8 Å². The molecule has 0 amide bonds. The average Bonchev–Trinajstić information content (AvgIpc) is 3.95. The molecule has 0 unspecified atom stereocenters. The van der Waals surface area contributed by atoms with Gasteiger partial charge >= 0.3 is 29.6 Å². The first kappa shape index (κ1) is 55.3.